The summed E-state index contributed by atoms with van der Waals surface area (Å²) in [4.78, 5) is 20.4. The molecule has 188 valence electrons. The van der Waals surface area contributed by atoms with Gasteiger partial charge in [0.05, 0.1) is 29.5 Å². The molecule has 5 rings (SSSR count). The summed E-state index contributed by atoms with van der Waals surface area (Å²) in [6.07, 6.45) is 2.52. The van der Waals surface area contributed by atoms with E-state index >= 15 is 0 Å². The Kier molecular flexibility index (Phi) is 6.78. The van der Waals surface area contributed by atoms with Gasteiger partial charge in [-0.05, 0) is 67.8 Å². The average Bonchev–Trinajstić information content (AvgIpc) is 3.64. The number of nitrogens with zero attached hydrogens (tertiary/aromatic N) is 3. The van der Waals surface area contributed by atoms with E-state index in [0.717, 1.165) is 10.3 Å². The number of ether oxygens (including phenoxy) is 1. The topological polar surface area (TPSA) is 93.0 Å². The van der Waals surface area contributed by atoms with Gasteiger partial charge in [-0.1, -0.05) is 29.0 Å². The van der Waals surface area contributed by atoms with E-state index in [1.165, 1.54) is 51.1 Å². The number of methoxy groups -OCH3 is 1. The van der Waals surface area contributed by atoms with E-state index in [0.29, 0.717) is 40.0 Å². The van der Waals surface area contributed by atoms with Gasteiger partial charge in [-0.25, -0.2) is 13.4 Å². The van der Waals surface area contributed by atoms with E-state index in [9.17, 15) is 13.2 Å². The zero-order valence-electron chi connectivity index (χ0n) is 19.7. The largest absolute Gasteiger partial charge is 0.494 e. The van der Waals surface area contributed by atoms with Gasteiger partial charge in [0.1, 0.15) is 23.1 Å². The molecule has 0 bridgehead atoms. The number of hydrogen-bond acceptors (Lipinski definition) is 7. The summed E-state index contributed by atoms with van der Waals surface area (Å²) in [6.45, 7) is 2.35. The van der Waals surface area contributed by atoms with Crippen molar-refractivity contribution in [2.24, 2.45) is 0 Å². The van der Waals surface area contributed by atoms with Gasteiger partial charge in [0.25, 0.3) is 0 Å². The minimum Gasteiger partial charge on any atom is -0.494 e. The fraction of sp³-hybridized carbons (Fsp3) is 0.280. The molecule has 0 radical (unpaired) electrons. The highest BCUT2D eigenvalue weighted by Gasteiger charge is 2.42. The van der Waals surface area contributed by atoms with Crippen molar-refractivity contribution in [1.29, 1.82) is 0 Å². The molecule has 1 fully saturated rings. The smallest absolute Gasteiger partial charge is 0.247 e. The lowest BCUT2D eigenvalue weighted by Crippen LogP contribution is -2.47. The first kappa shape index (κ1) is 24.8. The molecule has 1 aliphatic heterocycles. The van der Waals surface area contributed by atoms with Crippen LogP contribution in [0.4, 0.5) is 5.13 Å². The molecule has 3 heterocycles. The third-order valence-electron chi connectivity index (χ3n) is 6.21. The van der Waals surface area contributed by atoms with Crippen molar-refractivity contribution in [3.05, 3.63) is 71.1 Å². The maximum absolute atomic E-state index is 14.0. The van der Waals surface area contributed by atoms with Crippen molar-refractivity contribution in [1.82, 2.24) is 9.29 Å². The van der Waals surface area contributed by atoms with E-state index in [-0.39, 0.29) is 23.9 Å². The van der Waals surface area contributed by atoms with Gasteiger partial charge in [-0.3, -0.25) is 9.69 Å². The Balaban J connectivity index is 1.54. The molecule has 1 unspecified atom stereocenters. The Morgan fingerprint density at radius 3 is 2.72 bits per heavy atom. The quantitative estimate of drug-likeness (QED) is 0.315. The van der Waals surface area contributed by atoms with Gasteiger partial charge in [-0.2, -0.15) is 4.31 Å². The second-order valence-corrected chi connectivity index (χ2v) is 11.8. The minimum absolute atomic E-state index is 0.101. The van der Waals surface area contributed by atoms with Crippen LogP contribution in [0.1, 0.15) is 24.2 Å². The van der Waals surface area contributed by atoms with Crippen LogP contribution in [0.5, 0.6) is 5.75 Å². The predicted octanol–water partition coefficient (Wildman–Crippen LogP) is 5.25. The maximum Gasteiger partial charge on any atom is 0.247 e. The highest BCUT2D eigenvalue weighted by Crippen LogP contribution is 2.38. The number of aryl methyl sites for hydroxylation is 1. The second kappa shape index (κ2) is 9.85. The monoisotopic (exact) mass is 545 g/mol. The molecule has 2 aromatic heterocycles. The molecular weight excluding hydrogens is 522 g/mol. The lowest BCUT2D eigenvalue weighted by Gasteiger charge is -2.28. The van der Waals surface area contributed by atoms with Crippen LogP contribution in [-0.2, 0) is 21.4 Å². The molecule has 0 saturated carbocycles. The number of aromatic nitrogens is 1. The first-order chi connectivity index (χ1) is 17.3. The van der Waals surface area contributed by atoms with Gasteiger partial charge in [-0.15, -0.1) is 0 Å². The molecule has 0 N–H and O–H groups in total. The molecule has 36 heavy (non-hydrogen) atoms. The predicted molar refractivity (Wildman–Crippen MR) is 139 cm³/mol. The SMILES string of the molecule is COc1ccc(C)c2sc(N(Cc3ccco3)C(=O)C3CCCN3S(=O)(=O)c3ccc(Cl)cc3)nc12. The summed E-state index contributed by atoms with van der Waals surface area (Å²) in [5.41, 5.74) is 1.67. The summed E-state index contributed by atoms with van der Waals surface area (Å²) in [7, 11) is -2.33. The number of fused-ring (bicyclic) bond motifs is 1. The summed E-state index contributed by atoms with van der Waals surface area (Å²) < 4.78 is 40.1. The Bertz CT molecular complexity index is 1500. The number of rotatable bonds is 7. The van der Waals surface area contributed by atoms with E-state index in [1.54, 1.807) is 19.2 Å². The van der Waals surface area contributed by atoms with Gasteiger partial charge >= 0.3 is 0 Å². The number of halogens is 1. The van der Waals surface area contributed by atoms with Crippen molar-refractivity contribution >= 4 is 54.2 Å². The fourth-order valence-electron chi connectivity index (χ4n) is 4.37. The van der Waals surface area contributed by atoms with Gasteiger partial charge in [0.2, 0.25) is 15.9 Å². The average molecular weight is 546 g/mol. The number of anilines is 1. The van der Waals surface area contributed by atoms with Crippen LogP contribution in [0.3, 0.4) is 0 Å². The normalized spacial score (nSPS) is 16.5. The first-order valence-electron chi connectivity index (χ1n) is 11.3. The van der Waals surface area contributed by atoms with Crippen LogP contribution < -0.4 is 9.64 Å². The van der Waals surface area contributed by atoms with Crippen LogP contribution in [0.15, 0.2) is 64.1 Å². The number of carbonyl (C=O) groups is 1. The van der Waals surface area contributed by atoms with Crippen molar-refractivity contribution in [3.8, 4) is 5.75 Å². The number of hydrogen-bond donors (Lipinski definition) is 0. The molecule has 1 amide bonds. The Morgan fingerprint density at radius 2 is 2.03 bits per heavy atom. The molecule has 1 aliphatic rings. The van der Waals surface area contributed by atoms with Gasteiger partial charge in [0, 0.05) is 11.6 Å². The molecule has 0 spiro atoms. The maximum atomic E-state index is 14.0. The van der Waals surface area contributed by atoms with Crippen LogP contribution in [0.2, 0.25) is 5.02 Å². The highest BCUT2D eigenvalue weighted by atomic mass is 35.5. The van der Waals surface area contributed by atoms with Crippen molar-refractivity contribution < 1.29 is 22.4 Å². The van der Waals surface area contributed by atoms with Crippen LogP contribution in [0.25, 0.3) is 10.2 Å². The third kappa shape index (κ3) is 4.50. The molecule has 4 aromatic rings. The Morgan fingerprint density at radius 1 is 1.25 bits per heavy atom. The zero-order valence-corrected chi connectivity index (χ0v) is 22.1. The van der Waals surface area contributed by atoms with E-state index in [2.05, 4.69) is 0 Å². The number of thiazole rings is 1. The molecule has 11 heteroatoms. The molecule has 0 aliphatic carbocycles. The standard InChI is InChI=1S/C25H24ClN3O5S2/c1-16-7-12-21(33-2)22-23(16)35-25(27-22)28(15-18-5-4-14-34-18)24(30)20-6-3-13-29(20)36(31,32)19-10-8-17(26)9-11-19/h4-5,7-12,14,20H,3,6,13,15H2,1-2H3. The first-order valence-corrected chi connectivity index (χ1v) is 14.0. The Hall–Kier alpha value is -2.92. The van der Waals surface area contributed by atoms with E-state index in [4.69, 9.17) is 25.7 Å². The van der Waals surface area contributed by atoms with Gasteiger partial charge in [0.15, 0.2) is 5.13 Å². The zero-order chi connectivity index (χ0) is 25.4. The van der Waals surface area contributed by atoms with E-state index < -0.39 is 16.1 Å². The van der Waals surface area contributed by atoms with Crippen LogP contribution in [-0.4, -0.2) is 43.3 Å². The second-order valence-electron chi connectivity index (χ2n) is 8.49. The van der Waals surface area contributed by atoms with Gasteiger partial charge < -0.3 is 9.15 Å². The molecule has 8 nitrogen and oxygen atoms in total. The summed E-state index contributed by atoms with van der Waals surface area (Å²) in [6, 6.07) is 12.4. The third-order valence-corrected chi connectivity index (χ3v) is 9.60. The molecule has 2 aromatic carbocycles. The fourth-order valence-corrected chi connectivity index (χ4v) is 7.21. The number of benzene rings is 2. The molecule has 1 atom stereocenters. The van der Waals surface area contributed by atoms with Crippen molar-refractivity contribution in [2.45, 2.75) is 37.2 Å². The lowest BCUT2D eigenvalue weighted by atomic mass is 10.2. The number of sulfonamides is 1. The van der Waals surface area contributed by atoms with Crippen LogP contribution >= 0.6 is 22.9 Å². The van der Waals surface area contributed by atoms with Crippen molar-refractivity contribution in [2.75, 3.05) is 18.6 Å². The van der Waals surface area contributed by atoms with Crippen LogP contribution in [0, 0.1) is 6.92 Å². The summed E-state index contributed by atoms with van der Waals surface area (Å²) in [5, 5.41) is 0.893. The summed E-state index contributed by atoms with van der Waals surface area (Å²) in [5.74, 6) is 0.824. The molecular formula is C25H24ClN3O5S2. The van der Waals surface area contributed by atoms with Crippen molar-refractivity contribution in [3.63, 3.8) is 0 Å². The molecule has 1 saturated heterocycles. The minimum atomic E-state index is -3.90. The van der Waals surface area contributed by atoms with E-state index in [1.807, 2.05) is 19.1 Å². The number of furan rings is 1. The highest BCUT2D eigenvalue weighted by molar-refractivity contribution is 7.89. The Labute approximate surface area is 218 Å². The summed E-state index contributed by atoms with van der Waals surface area (Å²) >= 11 is 7.32. The lowest BCUT2D eigenvalue weighted by molar-refractivity contribution is -0.121. The number of amides is 1. The number of carbonyl (C=O) groups excluding carboxylic acids is 1.